The first-order valence-electron chi connectivity index (χ1n) is 8.70. The molecule has 2 rings (SSSR count). The van der Waals surface area contributed by atoms with E-state index in [4.69, 9.17) is 14.2 Å². The van der Waals surface area contributed by atoms with Crippen molar-refractivity contribution in [3.05, 3.63) is 53.6 Å². The number of hydrogen-bond donors (Lipinski definition) is 0. The van der Waals surface area contributed by atoms with Crippen molar-refractivity contribution in [2.75, 3.05) is 21.3 Å². The van der Waals surface area contributed by atoms with Crippen LogP contribution in [0.2, 0.25) is 0 Å². The van der Waals surface area contributed by atoms with E-state index in [2.05, 4.69) is 6.92 Å². The van der Waals surface area contributed by atoms with Crippen LogP contribution < -0.4 is 14.2 Å². The fourth-order valence-electron chi connectivity index (χ4n) is 2.79. The third-order valence-corrected chi connectivity index (χ3v) is 4.25. The highest BCUT2D eigenvalue weighted by molar-refractivity contribution is 5.80. The minimum absolute atomic E-state index is 0.0781. The SMILES string of the molecule is CCc1ccccc1O[C@@H](C)C(=O)N(C)Cc1ccc(OC)c(OC)c1. The van der Waals surface area contributed by atoms with E-state index in [9.17, 15) is 4.79 Å². The molecule has 0 unspecified atom stereocenters. The lowest BCUT2D eigenvalue weighted by Crippen LogP contribution is -2.37. The molecule has 2 aromatic carbocycles. The van der Waals surface area contributed by atoms with Crippen LogP contribution in [0.15, 0.2) is 42.5 Å². The van der Waals surface area contributed by atoms with E-state index >= 15 is 0 Å². The average molecular weight is 357 g/mol. The highest BCUT2D eigenvalue weighted by Gasteiger charge is 2.20. The standard InChI is InChI=1S/C21H27NO4/c1-6-17-9-7-8-10-18(17)26-15(2)21(23)22(3)14-16-11-12-19(24-4)20(13-16)25-5/h7-13,15H,6,14H2,1-5H3/t15-/m0/s1. The third-order valence-electron chi connectivity index (χ3n) is 4.25. The molecule has 0 N–H and O–H groups in total. The molecule has 0 fully saturated rings. The Bertz CT molecular complexity index is 745. The number of amides is 1. The Morgan fingerprint density at radius 2 is 1.73 bits per heavy atom. The van der Waals surface area contributed by atoms with Gasteiger partial charge in [-0.1, -0.05) is 31.2 Å². The molecule has 5 nitrogen and oxygen atoms in total. The van der Waals surface area contributed by atoms with Crippen molar-refractivity contribution < 1.29 is 19.0 Å². The van der Waals surface area contributed by atoms with Crippen molar-refractivity contribution in [2.45, 2.75) is 32.9 Å². The molecule has 2 aromatic rings. The number of ether oxygens (including phenoxy) is 3. The average Bonchev–Trinajstić information content (AvgIpc) is 2.67. The predicted octanol–water partition coefficient (Wildman–Crippen LogP) is 3.69. The van der Waals surface area contributed by atoms with E-state index < -0.39 is 6.10 Å². The molecule has 0 heterocycles. The number of para-hydroxylation sites is 1. The first-order chi connectivity index (χ1) is 12.5. The van der Waals surface area contributed by atoms with Crippen LogP contribution in [0.5, 0.6) is 17.2 Å². The zero-order chi connectivity index (χ0) is 19.1. The molecular formula is C21H27NO4. The first kappa shape index (κ1) is 19.6. The summed E-state index contributed by atoms with van der Waals surface area (Å²) in [6, 6.07) is 13.4. The van der Waals surface area contributed by atoms with Gasteiger partial charge in [-0.15, -0.1) is 0 Å². The van der Waals surface area contributed by atoms with E-state index in [0.29, 0.717) is 18.0 Å². The van der Waals surface area contributed by atoms with Gasteiger partial charge in [-0.3, -0.25) is 4.79 Å². The van der Waals surface area contributed by atoms with E-state index in [0.717, 1.165) is 23.3 Å². The minimum Gasteiger partial charge on any atom is -0.493 e. The Morgan fingerprint density at radius 3 is 2.38 bits per heavy atom. The second-order valence-corrected chi connectivity index (χ2v) is 6.10. The monoisotopic (exact) mass is 357 g/mol. The molecule has 0 spiro atoms. The molecule has 0 aliphatic carbocycles. The molecule has 0 aromatic heterocycles. The van der Waals surface area contributed by atoms with Crippen LogP contribution in [-0.4, -0.2) is 38.2 Å². The highest BCUT2D eigenvalue weighted by atomic mass is 16.5. The van der Waals surface area contributed by atoms with Gasteiger partial charge in [-0.05, 0) is 42.7 Å². The number of methoxy groups -OCH3 is 2. The van der Waals surface area contributed by atoms with Crippen LogP contribution in [0, 0.1) is 0 Å². The van der Waals surface area contributed by atoms with Crippen molar-refractivity contribution in [2.24, 2.45) is 0 Å². The first-order valence-corrected chi connectivity index (χ1v) is 8.70. The molecule has 0 saturated carbocycles. The van der Waals surface area contributed by atoms with E-state index in [1.165, 1.54) is 0 Å². The number of rotatable bonds is 8. The zero-order valence-corrected chi connectivity index (χ0v) is 16.1. The van der Waals surface area contributed by atoms with E-state index in [1.807, 2.05) is 42.5 Å². The maximum atomic E-state index is 12.7. The number of nitrogens with zero attached hydrogens (tertiary/aromatic N) is 1. The molecule has 0 saturated heterocycles. The summed E-state index contributed by atoms with van der Waals surface area (Å²) in [6.07, 6.45) is 0.298. The van der Waals surface area contributed by atoms with Gasteiger partial charge in [0.15, 0.2) is 17.6 Å². The predicted molar refractivity (Wildman–Crippen MR) is 102 cm³/mol. The minimum atomic E-state index is -0.562. The number of likely N-dealkylation sites (N-methyl/N-ethyl adjacent to an activating group) is 1. The molecule has 0 radical (unpaired) electrons. The molecule has 0 aliphatic rings. The molecule has 1 atom stereocenters. The van der Waals surface area contributed by atoms with Gasteiger partial charge >= 0.3 is 0 Å². The lowest BCUT2D eigenvalue weighted by molar-refractivity contribution is -0.137. The summed E-state index contributed by atoms with van der Waals surface area (Å²) >= 11 is 0. The Morgan fingerprint density at radius 1 is 1.04 bits per heavy atom. The summed E-state index contributed by atoms with van der Waals surface area (Å²) in [4.78, 5) is 14.3. The van der Waals surface area contributed by atoms with Gasteiger partial charge < -0.3 is 19.1 Å². The lowest BCUT2D eigenvalue weighted by Gasteiger charge is -2.23. The van der Waals surface area contributed by atoms with Crippen LogP contribution >= 0.6 is 0 Å². The maximum Gasteiger partial charge on any atom is 0.263 e. The highest BCUT2D eigenvalue weighted by Crippen LogP contribution is 2.28. The normalized spacial score (nSPS) is 11.6. The summed E-state index contributed by atoms with van der Waals surface area (Å²) in [5, 5.41) is 0. The number of aryl methyl sites for hydroxylation is 1. The summed E-state index contributed by atoms with van der Waals surface area (Å²) in [5.74, 6) is 1.99. The van der Waals surface area contributed by atoms with Crippen LogP contribution in [-0.2, 0) is 17.8 Å². The number of benzene rings is 2. The Labute approximate surface area is 155 Å². The summed E-state index contributed by atoms with van der Waals surface area (Å²) in [6.45, 7) is 4.31. The van der Waals surface area contributed by atoms with Gasteiger partial charge in [0.05, 0.1) is 14.2 Å². The van der Waals surface area contributed by atoms with Crippen molar-refractivity contribution >= 4 is 5.91 Å². The lowest BCUT2D eigenvalue weighted by atomic mass is 10.1. The van der Waals surface area contributed by atoms with Gasteiger partial charge in [0.2, 0.25) is 0 Å². The summed E-state index contributed by atoms with van der Waals surface area (Å²) in [5.41, 5.74) is 2.05. The zero-order valence-electron chi connectivity index (χ0n) is 16.1. The molecular weight excluding hydrogens is 330 g/mol. The van der Waals surface area contributed by atoms with E-state index in [-0.39, 0.29) is 5.91 Å². The summed E-state index contributed by atoms with van der Waals surface area (Å²) < 4.78 is 16.5. The van der Waals surface area contributed by atoms with Crippen molar-refractivity contribution in [1.82, 2.24) is 4.90 Å². The fraction of sp³-hybridized carbons (Fsp3) is 0.381. The number of carbonyl (C=O) groups excluding carboxylic acids is 1. The number of carbonyl (C=O) groups is 1. The van der Waals surface area contributed by atoms with Gasteiger partial charge in [0.25, 0.3) is 5.91 Å². The largest absolute Gasteiger partial charge is 0.493 e. The Kier molecular flexibility index (Phi) is 6.89. The third kappa shape index (κ3) is 4.69. The quantitative estimate of drug-likeness (QED) is 0.723. The van der Waals surface area contributed by atoms with Crippen molar-refractivity contribution in [1.29, 1.82) is 0 Å². The van der Waals surface area contributed by atoms with E-state index in [1.54, 1.807) is 33.1 Å². The van der Waals surface area contributed by atoms with Gasteiger partial charge in [-0.2, -0.15) is 0 Å². The Balaban J connectivity index is 2.04. The topological polar surface area (TPSA) is 48.0 Å². The van der Waals surface area contributed by atoms with Crippen LogP contribution in [0.4, 0.5) is 0 Å². The molecule has 26 heavy (non-hydrogen) atoms. The molecule has 0 aliphatic heterocycles. The molecule has 1 amide bonds. The molecule has 140 valence electrons. The molecule has 5 heteroatoms. The fourth-order valence-corrected chi connectivity index (χ4v) is 2.79. The van der Waals surface area contributed by atoms with Crippen molar-refractivity contribution in [3.8, 4) is 17.2 Å². The summed E-state index contributed by atoms with van der Waals surface area (Å²) in [7, 11) is 4.96. The van der Waals surface area contributed by atoms with Gasteiger partial charge in [0, 0.05) is 13.6 Å². The second kappa shape index (κ2) is 9.13. The Hall–Kier alpha value is -2.69. The number of hydrogen-bond acceptors (Lipinski definition) is 4. The van der Waals surface area contributed by atoms with Gasteiger partial charge in [0.1, 0.15) is 5.75 Å². The smallest absolute Gasteiger partial charge is 0.263 e. The van der Waals surface area contributed by atoms with Crippen molar-refractivity contribution in [3.63, 3.8) is 0 Å². The second-order valence-electron chi connectivity index (χ2n) is 6.10. The molecule has 0 bridgehead atoms. The van der Waals surface area contributed by atoms with Crippen LogP contribution in [0.25, 0.3) is 0 Å². The van der Waals surface area contributed by atoms with Gasteiger partial charge in [-0.25, -0.2) is 0 Å². The van der Waals surface area contributed by atoms with Crippen LogP contribution in [0.3, 0.4) is 0 Å². The maximum absolute atomic E-state index is 12.7. The van der Waals surface area contributed by atoms with Crippen LogP contribution in [0.1, 0.15) is 25.0 Å².